The molecule has 124 valence electrons. The number of carbonyl (C=O) groups excluding carboxylic acids is 1. The first-order chi connectivity index (χ1) is 11.0. The summed E-state index contributed by atoms with van der Waals surface area (Å²) in [6.45, 7) is 3.69. The van der Waals surface area contributed by atoms with Crippen LogP contribution in [0.3, 0.4) is 0 Å². The molecule has 3 rings (SSSR count). The molecule has 0 unspecified atom stereocenters. The summed E-state index contributed by atoms with van der Waals surface area (Å²) < 4.78 is 5.31. The lowest BCUT2D eigenvalue weighted by molar-refractivity contribution is -0.131. The van der Waals surface area contributed by atoms with Crippen molar-refractivity contribution in [2.75, 3.05) is 32.1 Å². The van der Waals surface area contributed by atoms with Crippen LogP contribution in [0.2, 0.25) is 0 Å². The average Bonchev–Trinajstić information content (AvgIpc) is 2.79. The van der Waals surface area contributed by atoms with Crippen LogP contribution in [0.15, 0.2) is 24.3 Å². The Kier molecular flexibility index (Phi) is 3.92. The highest BCUT2D eigenvalue weighted by Gasteiger charge is 2.50. The zero-order valence-corrected chi connectivity index (χ0v) is 13.9. The summed E-state index contributed by atoms with van der Waals surface area (Å²) in [5.74, 6) is 1.18. The maximum Gasteiger partial charge on any atom is 0.254 e. The van der Waals surface area contributed by atoms with Crippen LogP contribution in [-0.2, 0) is 4.79 Å². The molecule has 6 nitrogen and oxygen atoms in total. The number of carbonyl (C=O) groups is 1. The fourth-order valence-electron chi connectivity index (χ4n) is 3.60. The summed E-state index contributed by atoms with van der Waals surface area (Å²) in [4.78, 5) is 16.3. The van der Waals surface area contributed by atoms with Gasteiger partial charge in [-0.2, -0.15) is 0 Å². The van der Waals surface area contributed by atoms with Crippen molar-refractivity contribution in [2.24, 2.45) is 5.92 Å². The lowest BCUT2D eigenvalue weighted by atomic mass is 9.80. The van der Waals surface area contributed by atoms with Crippen molar-refractivity contribution in [1.82, 2.24) is 10.2 Å². The number of nitrogens with zero attached hydrogens (tertiary/aromatic N) is 2. The van der Waals surface area contributed by atoms with Crippen LogP contribution in [0.4, 0.5) is 5.69 Å². The van der Waals surface area contributed by atoms with E-state index in [0.717, 1.165) is 37.4 Å². The number of ether oxygens (including phenoxy) is 1. The minimum atomic E-state index is -0.691. The van der Waals surface area contributed by atoms with Crippen LogP contribution in [0.5, 0.6) is 5.75 Å². The Morgan fingerprint density at radius 2 is 2.22 bits per heavy atom. The molecular formula is C17H24N4O2. The quantitative estimate of drug-likeness (QED) is 0.890. The third-order valence-electron chi connectivity index (χ3n) is 5.12. The first kappa shape index (κ1) is 15.6. The van der Waals surface area contributed by atoms with Crippen molar-refractivity contribution in [3.8, 4) is 5.75 Å². The molecular weight excluding hydrogens is 292 g/mol. The lowest BCUT2D eigenvalue weighted by Crippen LogP contribution is -2.55. The molecule has 2 N–H and O–H groups in total. The Hall–Kier alpha value is -2.24. The molecule has 2 saturated heterocycles. The zero-order chi connectivity index (χ0) is 16.6. The second-order valence-electron chi connectivity index (χ2n) is 6.53. The Labute approximate surface area is 136 Å². The van der Waals surface area contributed by atoms with Crippen LogP contribution in [0.1, 0.15) is 19.8 Å². The minimum Gasteiger partial charge on any atom is -0.497 e. The smallest absolute Gasteiger partial charge is 0.254 e. The highest BCUT2D eigenvalue weighted by atomic mass is 16.5. The molecule has 0 radical (unpaired) electrons. The van der Waals surface area contributed by atoms with Crippen LogP contribution < -0.4 is 15.0 Å². The molecule has 2 heterocycles. The highest BCUT2D eigenvalue weighted by Crippen LogP contribution is 2.34. The lowest BCUT2D eigenvalue weighted by Gasteiger charge is -2.41. The van der Waals surface area contributed by atoms with Gasteiger partial charge in [-0.05, 0) is 31.9 Å². The minimum absolute atomic E-state index is 0.0139. The number of anilines is 1. The average molecular weight is 316 g/mol. The largest absolute Gasteiger partial charge is 0.497 e. The molecule has 2 fully saturated rings. The number of amides is 1. The Morgan fingerprint density at radius 3 is 2.87 bits per heavy atom. The number of benzene rings is 1. The van der Waals surface area contributed by atoms with E-state index in [0.29, 0.717) is 0 Å². The van der Waals surface area contributed by atoms with E-state index in [1.807, 2.05) is 25.1 Å². The first-order valence-corrected chi connectivity index (χ1v) is 7.99. The van der Waals surface area contributed by atoms with Crippen molar-refractivity contribution in [3.63, 3.8) is 0 Å². The van der Waals surface area contributed by atoms with E-state index in [1.54, 1.807) is 14.2 Å². The number of hydrogen-bond donors (Lipinski definition) is 2. The van der Waals surface area contributed by atoms with Crippen molar-refractivity contribution < 1.29 is 9.53 Å². The molecule has 1 aromatic carbocycles. The van der Waals surface area contributed by atoms with Gasteiger partial charge in [-0.25, -0.2) is 0 Å². The molecule has 0 aromatic heterocycles. The molecule has 6 heteroatoms. The molecule has 0 bridgehead atoms. The van der Waals surface area contributed by atoms with E-state index in [9.17, 15) is 4.79 Å². The van der Waals surface area contributed by atoms with Gasteiger partial charge in [-0.15, -0.1) is 0 Å². The van der Waals surface area contributed by atoms with Gasteiger partial charge >= 0.3 is 0 Å². The number of piperidine rings is 1. The van der Waals surface area contributed by atoms with Gasteiger partial charge in [0.1, 0.15) is 11.3 Å². The number of nitrogens with one attached hydrogen (secondary N) is 2. The van der Waals surface area contributed by atoms with E-state index in [4.69, 9.17) is 10.1 Å². The summed E-state index contributed by atoms with van der Waals surface area (Å²) in [6, 6.07) is 8.03. The van der Waals surface area contributed by atoms with Crippen LogP contribution in [0.25, 0.3) is 0 Å². The van der Waals surface area contributed by atoms with Gasteiger partial charge in [0.2, 0.25) is 0 Å². The standard InChI is InChI=1S/C17H24N4O2/c1-17(15(22)20(2)16(18)19-17)12-6-5-9-21(11-12)13-7-4-8-14(10-13)23-3/h4,7-8,10,12H,5-6,9,11H2,1-3H3,(H2,18,19)/t12-,17-/m1/s1. The summed E-state index contributed by atoms with van der Waals surface area (Å²) in [7, 11) is 3.33. The second-order valence-corrected chi connectivity index (χ2v) is 6.53. The number of rotatable bonds is 3. The van der Waals surface area contributed by atoms with Gasteiger partial charge in [0.15, 0.2) is 5.96 Å². The fraction of sp³-hybridized carbons (Fsp3) is 0.529. The summed E-state index contributed by atoms with van der Waals surface area (Å²) in [6.07, 6.45) is 2.01. The van der Waals surface area contributed by atoms with Crippen molar-refractivity contribution in [1.29, 1.82) is 5.41 Å². The van der Waals surface area contributed by atoms with Gasteiger partial charge in [0.05, 0.1) is 7.11 Å². The van der Waals surface area contributed by atoms with Gasteiger partial charge in [0, 0.05) is 37.8 Å². The molecule has 23 heavy (non-hydrogen) atoms. The van der Waals surface area contributed by atoms with E-state index in [-0.39, 0.29) is 17.8 Å². The highest BCUT2D eigenvalue weighted by molar-refractivity contribution is 6.07. The predicted molar refractivity (Wildman–Crippen MR) is 90.0 cm³/mol. The molecule has 2 aliphatic heterocycles. The van der Waals surface area contributed by atoms with E-state index in [1.165, 1.54) is 4.90 Å². The van der Waals surface area contributed by atoms with Crippen LogP contribution in [-0.4, -0.2) is 49.6 Å². The Balaban J connectivity index is 1.81. The molecule has 2 atom stereocenters. The van der Waals surface area contributed by atoms with Crippen molar-refractivity contribution in [3.05, 3.63) is 24.3 Å². The fourth-order valence-corrected chi connectivity index (χ4v) is 3.60. The van der Waals surface area contributed by atoms with Crippen LogP contribution >= 0.6 is 0 Å². The molecule has 0 saturated carbocycles. The SMILES string of the molecule is COc1cccc(N2CCC[C@@H]([C@@]3(C)NC(=N)N(C)C3=O)C2)c1. The number of guanidine groups is 1. The molecule has 1 aromatic rings. The monoisotopic (exact) mass is 316 g/mol. The predicted octanol–water partition coefficient (Wildman–Crippen LogP) is 1.67. The maximum atomic E-state index is 12.6. The van der Waals surface area contributed by atoms with Gasteiger partial charge in [-0.3, -0.25) is 15.1 Å². The second kappa shape index (κ2) is 5.76. The number of methoxy groups -OCH3 is 1. The summed E-state index contributed by atoms with van der Waals surface area (Å²) in [5.41, 5.74) is 0.426. The normalized spacial score (nSPS) is 28.0. The third kappa shape index (κ3) is 2.62. The van der Waals surface area contributed by atoms with E-state index >= 15 is 0 Å². The first-order valence-electron chi connectivity index (χ1n) is 7.99. The van der Waals surface area contributed by atoms with E-state index < -0.39 is 5.54 Å². The zero-order valence-electron chi connectivity index (χ0n) is 13.9. The molecule has 0 spiro atoms. The number of likely N-dealkylation sites (N-methyl/N-ethyl adjacent to an activating group) is 1. The van der Waals surface area contributed by atoms with Crippen molar-refractivity contribution >= 4 is 17.6 Å². The Bertz CT molecular complexity index is 633. The van der Waals surface area contributed by atoms with Gasteiger partial charge < -0.3 is 15.0 Å². The Morgan fingerprint density at radius 1 is 1.43 bits per heavy atom. The summed E-state index contributed by atoms with van der Waals surface area (Å²) >= 11 is 0. The molecule has 0 aliphatic carbocycles. The number of hydrogen-bond acceptors (Lipinski definition) is 4. The van der Waals surface area contributed by atoms with Gasteiger partial charge in [-0.1, -0.05) is 6.07 Å². The topological polar surface area (TPSA) is 68.7 Å². The maximum absolute atomic E-state index is 12.6. The van der Waals surface area contributed by atoms with Gasteiger partial charge in [0.25, 0.3) is 5.91 Å². The molecule has 2 aliphatic rings. The summed E-state index contributed by atoms with van der Waals surface area (Å²) in [5, 5.41) is 11.0. The molecule has 1 amide bonds. The third-order valence-corrected chi connectivity index (χ3v) is 5.12. The van der Waals surface area contributed by atoms with E-state index in [2.05, 4.69) is 16.3 Å². The van der Waals surface area contributed by atoms with Crippen molar-refractivity contribution in [2.45, 2.75) is 25.3 Å². The van der Waals surface area contributed by atoms with Crippen LogP contribution in [0, 0.1) is 11.3 Å².